The molecule has 0 amide bonds. The van der Waals surface area contributed by atoms with E-state index in [9.17, 15) is 4.79 Å². The Hall–Kier alpha value is -1.82. The van der Waals surface area contributed by atoms with Gasteiger partial charge in [-0.2, -0.15) is 0 Å². The summed E-state index contributed by atoms with van der Waals surface area (Å²) in [7, 11) is 0. The number of carbonyl (C=O) groups excluding carboxylic acids is 1. The van der Waals surface area contributed by atoms with Gasteiger partial charge in [-0.15, -0.1) is 11.3 Å². The van der Waals surface area contributed by atoms with Crippen LogP contribution in [0.3, 0.4) is 0 Å². The minimum Gasteiger partial charge on any atom is -0.461 e. The van der Waals surface area contributed by atoms with Gasteiger partial charge < -0.3 is 4.74 Å². The fourth-order valence-corrected chi connectivity index (χ4v) is 1.88. The largest absolute Gasteiger partial charge is 0.461 e. The van der Waals surface area contributed by atoms with Crippen molar-refractivity contribution in [2.75, 3.05) is 6.61 Å². The second-order valence-corrected chi connectivity index (χ2v) is 4.10. The molecule has 6 heteroatoms. The summed E-state index contributed by atoms with van der Waals surface area (Å²) in [5.41, 5.74) is 0.311. The standard InChI is InChI=1S/C11H11N3O2S/c1-2-6-16-11(15)8-7-17-10(14-8)9-12-4-3-5-13-9/h3-5,7H,2,6H2,1H3. The maximum absolute atomic E-state index is 11.5. The molecule has 0 atom stereocenters. The maximum atomic E-state index is 11.5. The summed E-state index contributed by atoms with van der Waals surface area (Å²) in [5.74, 6) is 0.123. The molecule has 2 heterocycles. The molecule has 0 aliphatic carbocycles. The van der Waals surface area contributed by atoms with Gasteiger partial charge in [0, 0.05) is 17.8 Å². The van der Waals surface area contributed by atoms with E-state index in [4.69, 9.17) is 4.74 Å². The lowest BCUT2D eigenvalue weighted by atomic mass is 10.5. The molecular formula is C11H11N3O2S. The highest BCUT2D eigenvalue weighted by Crippen LogP contribution is 2.19. The average Bonchev–Trinajstić information content (AvgIpc) is 2.86. The van der Waals surface area contributed by atoms with Gasteiger partial charge in [-0.1, -0.05) is 6.92 Å². The van der Waals surface area contributed by atoms with Crippen LogP contribution in [-0.2, 0) is 4.74 Å². The first-order valence-corrected chi connectivity index (χ1v) is 6.09. The third-order valence-electron chi connectivity index (χ3n) is 1.91. The highest BCUT2D eigenvalue weighted by Gasteiger charge is 2.13. The van der Waals surface area contributed by atoms with Crippen LogP contribution in [0.1, 0.15) is 23.8 Å². The molecule has 0 aromatic carbocycles. The van der Waals surface area contributed by atoms with Crippen LogP contribution < -0.4 is 0 Å². The van der Waals surface area contributed by atoms with Crippen LogP contribution in [0.5, 0.6) is 0 Å². The van der Waals surface area contributed by atoms with Crippen LogP contribution in [0.4, 0.5) is 0 Å². The second-order valence-electron chi connectivity index (χ2n) is 3.25. The molecule has 2 aromatic rings. The van der Waals surface area contributed by atoms with E-state index in [2.05, 4.69) is 15.0 Å². The topological polar surface area (TPSA) is 65.0 Å². The van der Waals surface area contributed by atoms with Crippen LogP contribution in [0.2, 0.25) is 0 Å². The van der Waals surface area contributed by atoms with Crippen molar-refractivity contribution in [2.45, 2.75) is 13.3 Å². The van der Waals surface area contributed by atoms with Gasteiger partial charge in [-0.05, 0) is 12.5 Å². The Labute approximate surface area is 103 Å². The molecule has 2 rings (SSSR count). The van der Waals surface area contributed by atoms with Crippen molar-refractivity contribution < 1.29 is 9.53 Å². The summed E-state index contributed by atoms with van der Waals surface area (Å²) in [6.07, 6.45) is 4.07. The van der Waals surface area contributed by atoms with Gasteiger partial charge in [0.2, 0.25) is 0 Å². The van der Waals surface area contributed by atoms with E-state index in [1.165, 1.54) is 11.3 Å². The molecule has 0 saturated heterocycles. The molecule has 0 unspecified atom stereocenters. The van der Waals surface area contributed by atoms with E-state index in [-0.39, 0.29) is 0 Å². The fraction of sp³-hybridized carbons (Fsp3) is 0.273. The number of rotatable bonds is 4. The lowest BCUT2D eigenvalue weighted by Crippen LogP contribution is -2.06. The van der Waals surface area contributed by atoms with Gasteiger partial charge >= 0.3 is 5.97 Å². The Kier molecular flexibility index (Phi) is 3.77. The molecule has 2 aromatic heterocycles. The predicted molar refractivity (Wildman–Crippen MR) is 63.7 cm³/mol. The van der Waals surface area contributed by atoms with Gasteiger partial charge in [0.1, 0.15) is 0 Å². The van der Waals surface area contributed by atoms with Crippen molar-refractivity contribution in [2.24, 2.45) is 0 Å². The van der Waals surface area contributed by atoms with Crippen molar-refractivity contribution in [3.8, 4) is 10.8 Å². The first-order valence-electron chi connectivity index (χ1n) is 5.21. The van der Waals surface area contributed by atoms with Crippen LogP contribution >= 0.6 is 11.3 Å². The summed E-state index contributed by atoms with van der Waals surface area (Å²) in [6, 6.07) is 1.73. The molecular weight excluding hydrogens is 238 g/mol. The SMILES string of the molecule is CCCOC(=O)c1csc(-c2ncccn2)n1. The molecule has 17 heavy (non-hydrogen) atoms. The minimum absolute atomic E-state index is 0.311. The summed E-state index contributed by atoms with van der Waals surface area (Å²) < 4.78 is 4.99. The number of aromatic nitrogens is 3. The zero-order chi connectivity index (χ0) is 12.1. The third-order valence-corrected chi connectivity index (χ3v) is 2.75. The molecule has 0 saturated carbocycles. The maximum Gasteiger partial charge on any atom is 0.357 e. The third kappa shape index (κ3) is 2.85. The van der Waals surface area contributed by atoms with Gasteiger partial charge in [0.25, 0.3) is 0 Å². The lowest BCUT2D eigenvalue weighted by Gasteiger charge is -1.98. The molecule has 0 fully saturated rings. The van der Waals surface area contributed by atoms with Gasteiger partial charge in [-0.25, -0.2) is 19.7 Å². The number of hydrogen-bond acceptors (Lipinski definition) is 6. The van der Waals surface area contributed by atoms with Crippen LogP contribution in [-0.4, -0.2) is 27.5 Å². The Balaban J connectivity index is 2.14. The van der Waals surface area contributed by atoms with Gasteiger partial charge in [0.15, 0.2) is 16.5 Å². The summed E-state index contributed by atoms with van der Waals surface area (Å²) in [6.45, 7) is 2.35. The summed E-state index contributed by atoms with van der Waals surface area (Å²) in [5, 5.41) is 2.28. The summed E-state index contributed by atoms with van der Waals surface area (Å²) >= 11 is 1.33. The zero-order valence-electron chi connectivity index (χ0n) is 9.29. The molecule has 0 radical (unpaired) electrons. The Morgan fingerprint density at radius 2 is 2.18 bits per heavy atom. The molecule has 0 N–H and O–H groups in total. The molecule has 0 spiro atoms. The minimum atomic E-state index is -0.398. The first kappa shape index (κ1) is 11.7. The highest BCUT2D eigenvalue weighted by molar-refractivity contribution is 7.13. The highest BCUT2D eigenvalue weighted by atomic mass is 32.1. The van der Waals surface area contributed by atoms with E-state index in [0.29, 0.717) is 23.1 Å². The molecule has 88 valence electrons. The van der Waals surface area contributed by atoms with Gasteiger partial charge in [0.05, 0.1) is 6.61 Å². The van der Waals surface area contributed by atoms with Crippen molar-refractivity contribution in [1.82, 2.24) is 15.0 Å². The van der Waals surface area contributed by atoms with Gasteiger partial charge in [-0.3, -0.25) is 0 Å². The number of carbonyl (C=O) groups is 1. The van der Waals surface area contributed by atoms with Crippen LogP contribution in [0.25, 0.3) is 10.8 Å². The van der Waals surface area contributed by atoms with E-state index >= 15 is 0 Å². The number of ether oxygens (including phenoxy) is 1. The van der Waals surface area contributed by atoms with E-state index in [0.717, 1.165) is 6.42 Å². The lowest BCUT2D eigenvalue weighted by molar-refractivity contribution is 0.0499. The second kappa shape index (κ2) is 5.49. The summed E-state index contributed by atoms with van der Waals surface area (Å²) in [4.78, 5) is 23.8. The number of esters is 1. The zero-order valence-corrected chi connectivity index (χ0v) is 10.1. The van der Waals surface area contributed by atoms with E-state index < -0.39 is 5.97 Å². The molecule has 5 nitrogen and oxygen atoms in total. The van der Waals surface area contributed by atoms with Crippen molar-refractivity contribution in [1.29, 1.82) is 0 Å². The van der Waals surface area contributed by atoms with E-state index in [1.807, 2.05) is 6.92 Å². The Morgan fingerprint density at radius 1 is 1.41 bits per heavy atom. The van der Waals surface area contributed by atoms with Crippen molar-refractivity contribution in [3.05, 3.63) is 29.5 Å². The Bertz CT molecular complexity index is 498. The molecule has 0 aliphatic rings. The quantitative estimate of drug-likeness (QED) is 0.777. The number of nitrogens with zero attached hydrogens (tertiary/aromatic N) is 3. The van der Waals surface area contributed by atoms with E-state index in [1.54, 1.807) is 23.8 Å². The predicted octanol–water partition coefficient (Wildman–Crippen LogP) is 2.17. The number of thiazole rings is 1. The van der Waals surface area contributed by atoms with Crippen LogP contribution in [0.15, 0.2) is 23.8 Å². The Morgan fingerprint density at radius 3 is 2.88 bits per heavy atom. The monoisotopic (exact) mass is 249 g/mol. The van der Waals surface area contributed by atoms with Crippen LogP contribution in [0, 0.1) is 0 Å². The molecule has 0 bridgehead atoms. The number of hydrogen-bond donors (Lipinski definition) is 0. The smallest absolute Gasteiger partial charge is 0.357 e. The van der Waals surface area contributed by atoms with Crippen molar-refractivity contribution in [3.63, 3.8) is 0 Å². The first-order chi connectivity index (χ1) is 8.31. The molecule has 0 aliphatic heterocycles. The average molecular weight is 249 g/mol. The normalized spacial score (nSPS) is 10.2. The van der Waals surface area contributed by atoms with Crippen molar-refractivity contribution >= 4 is 17.3 Å². The fourth-order valence-electron chi connectivity index (χ4n) is 1.15.